The Morgan fingerprint density at radius 1 is 1.39 bits per heavy atom. The molecule has 128 valence electrons. The molecule has 1 saturated heterocycles. The molecule has 0 bridgehead atoms. The molecule has 1 amide bonds. The highest BCUT2D eigenvalue weighted by Gasteiger charge is 2.39. The summed E-state index contributed by atoms with van der Waals surface area (Å²) in [6.07, 6.45) is -2.87. The smallest absolute Gasteiger partial charge is 0.416 e. The van der Waals surface area contributed by atoms with Gasteiger partial charge in [-0.15, -0.1) is 0 Å². The topological polar surface area (TPSA) is 54.5 Å². The maximum absolute atomic E-state index is 13.2. The first-order valence-corrected chi connectivity index (χ1v) is 7.31. The molecule has 23 heavy (non-hydrogen) atoms. The van der Waals surface area contributed by atoms with Gasteiger partial charge >= 0.3 is 12.3 Å². The summed E-state index contributed by atoms with van der Waals surface area (Å²) in [5.41, 5.74) is -1.53. The molecule has 1 atom stereocenters. The van der Waals surface area contributed by atoms with Crippen LogP contribution in [0.25, 0.3) is 0 Å². The minimum Gasteiger partial charge on any atom is -0.444 e. The van der Waals surface area contributed by atoms with Crippen LogP contribution in [0, 0.1) is 0 Å². The largest absolute Gasteiger partial charge is 0.444 e. The quantitative estimate of drug-likeness (QED) is 0.859. The molecule has 2 rings (SSSR count). The van der Waals surface area contributed by atoms with E-state index in [4.69, 9.17) is 4.74 Å². The second kappa shape index (κ2) is 6.35. The molecule has 0 radical (unpaired) electrons. The standard InChI is InChI=1S/C15H20F3N3O2/c1-14(2,3)23-13(22)21-7-6-20-9-12(21)10-8-19-5-4-11(10)15(16,17)18/h4-5,8,12,20H,6-7,9H2,1-3H3. The number of nitrogens with one attached hydrogen (secondary N) is 1. The van der Waals surface area contributed by atoms with Gasteiger partial charge in [-0.2, -0.15) is 13.2 Å². The summed E-state index contributed by atoms with van der Waals surface area (Å²) >= 11 is 0. The summed E-state index contributed by atoms with van der Waals surface area (Å²) in [4.78, 5) is 17.5. The zero-order valence-electron chi connectivity index (χ0n) is 13.3. The molecule has 1 aliphatic rings. The third-order valence-corrected chi connectivity index (χ3v) is 3.39. The summed E-state index contributed by atoms with van der Waals surface area (Å²) in [6, 6.07) is 0.154. The number of hydrogen-bond donors (Lipinski definition) is 1. The van der Waals surface area contributed by atoms with E-state index in [1.165, 1.54) is 4.90 Å². The zero-order chi connectivity index (χ0) is 17.3. The molecule has 1 aliphatic heterocycles. The number of aromatic nitrogens is 1. The molecule has 8 heteroatoms. The average Bonchev–Trinajstić information content (AvgIpc) is 2.44. The highest BCUT2D eigenvalue weighted by Crippen LogP contribution is 2.36. The molecular formula is C15H20F3N3O2. The van der Waals surface area contributed by atoms with Crippen LogP contribution in [0.4, 0.5) is 18.0 Å². The van der Waals surface area contributed by atoms with Gasteiger partial charge in [0.1, 0.15) is 5.60 Å². The predicted octanol–water partition coefficient (Wildman–Crippen LogP) is 2.98. The molecule has 0 spiro atoms. The van der Waals surface area contributed by atoms with E-state index in [0.29, 0.717) is 6.54 Å². The van der Waals surface area contributed by atoms with Crippen LogP contribution in [-0.2, 0) is 10.9 Å². The van der Waals surface area contributed by atoms with Gasteiger partial charge < -0.3 is 10.1 Å². The Morgan fingerprint density at radius 3 is 2.70 bits per heavy atom. The van der Waals surface area contributed by atoms with Crippen LogP contribution in [0.2, 0.25) is 0 Å². The number of halogens is 3. The molecular weight excluding hydrogens is 311 g/mol. The molecule has 2 heterocycles. The van der Waals surface area contributed by atoms with Crippen molar-refractivity contribution in [3.05, 3.63) is 29.6 Å². The number of alkyl halides is 3. The number of carbonyl (C=O) groups is 1. The van der Waals surface area contributed by atoms with E-state index in [2.05, 4.69) is 10.3 Å². The predicted molar refractivity (Wildman–Crippen MR) is 77.8 cm³/mol. The Labute approximate surface area is 132 Å². The maximum Gasteiger partial charge on any atom is 0.416 e. The Balaban J connectivity index is 2.34. The minimum atomic E-state index is -4.50. The van der Waals surface area contributed by atoms with Gasteiger partial charge in [-0.05, 0) is 26.8 Å². The maximum atomic E-state index is 13.2. The number of pyridine rings is 1. The second-order valence-electron chi connectivity index (χ2n) is 6.35. The highest BCUT2D eigenvalue weighted by atomic mass is 19.4. The van der Waals surface area contributed by atoms with Crippen molar-refractivity contribution in [1.82, 2.24) is 15.2 Å². The van der Waals surface area contributed by atoms with Crippen LogP contribution in [0.15, 0.2) is 18.5 Å². The lowest BCUT2D eigenvalue weighted by Gasteiger charge is -2.38. The van der Waals surface area contributed by atoms with E-state index in [1.807, 2.05) is 0 Å². The van der Waals surface area contributed by atoms with Crippen molar-refractivity contribution in [2.75, 3.05) is 19.6 Å². The van der Waals surface area contributed by atoms with E-state index < -0.39 is 29.5 Å². The zero-order valence-corrected chi connectivity index (χ0v) is 13.3. The van der Waals surface area contributed by atoms with Gasteiger partial charge in [0.15, 0.2) is 0 Å². The van der Waals surface area contributed by atoms with E-state index in [0.717, 1.165) is 18.5 Å². The Bertz CT molecular complexity index is 570. The number of ether oxygens (including phenoxy) is 1. The van der Waals surface area contributed by atoms with Crippen molar-refractivity contribution in [2.24, 2.45) is 0 Å². The number of hydrogen-bond acceptors (Lipinski definition) is 4. The number of piperazine rings is 1. The van der Waals surface area contributed by atoms with Crippen molar-refractivity contribution < 1.29 is 22.7 Å². The molecule has 0 saturated carbocycles. The Morgan fingerprint density at radius 2 is 2.09 bits per heavy atom. The van der Waals surface area contributed by atoms with Crippen LogP contribution in [-0.4, -0.2) is 41.2 Å². The first-order chi connectivity index (χ1) is 10.6. The normalized spacial score (nSPS) is 19.6. The third-order valence-electron chi connectivity index (χ3n) is 3.39. The molecule has 1 aromatic rings. The fourth-order valence-corrected chi connectivity index (χ4v) is 2.45. The van der Waals surface area contributed by atoms with Gasteiger partial charge in [-0.25, -0.2) is 4.79 Å². The van der Waals surface area contributed by atoms with Crippen molar-refractivity contribution in [1.29, 1.82) is 0 Å². The fraction of sp³-hybridized carbons (Fsp3) is 0.600. The van der Waals surface area contributed by atoms with Gasteiger partial charge in [0.2, 0.25) is 0 Å². The Hall–Kier alpha value is -1.83. The van der Waals surface area contributed by atoms with E-state index in [-0.39, 0.29) is 18.7 Å². The first-order valence-electron chi connectivity index (χ1n) is 7.31. The molecule has 0 aliphatic carbocycles. The average molecular weight is 331 g/mol. The molecule has 1 N–H and O–H groups in total. The molecule has 0 aromatic carbocycles. The molecule has 5 nitrogen and oxygen atoms in total. The summed E-state index contributed by atoms with van der Waals surface area (Å²) in [7, 11) is 0. The van der Waals surface area contributed by atoms with Gasteiger partial charge in [0.25, 0.3) is 0 Å². The number of carbonyl (C=O) groups excluding carboxylic acids is 1. The number of rotatable bonds is 1. The van der Waals surface area contributed by atoms with Gasteiger partial charge in [0, 0.05) is 37.6 Å². The monoisotopic (exact) mass is 331 g/mol. The van der Waals surface area contributed by atoms with Crippen molar-refractivity contribution >= 4 is 6.09 Å². The van der Waals surface area contributed by atoms with Crippen LogP contribution in [0.3, 0.4) is 0 Å². The molecule has 1 aromatic heterocycles. The van der Waals surface area contributed by atoms with Crippen LogP contribution >= 0.6 is 0 Å². The van der Waals surface area contributed by atoms with Crippen LogP contribution in [0.1, 0.15) is 37.9 Å². The van der Waals surface area contributed by atoms with Gasteiger partial charge in [-0.3, -0.25) is 9.88 Å². The molecule has 1 unspecified atom stereocenters. The highest BCUT2D eigenvalue weighted by molar-refractivity contribution is 5.69. The van der Waals surface area contributed by atoms with E-state index in [9.17, 15) is 18.0 Å². The summed E-state index contributed by atoms with van der Waals surface area (Å²) in [5.74, 6) is 0. The fourth-order valence-electron chi connectivity index (χ4n) is 2.45. The summed E-state index contributed by atoms with van der Waals surface area (Å²) in [5, 5.41) is 3.02. The van der Waals surface area contributed by atoms with Crippen molar-refractivity contribution in [3.63, 3.8) is 0 Å². The van der Waals surface area contributed by atoms with E-state index in [1.54, 1.807) is 20.8 Å². The van der Waals surface area contributed by atoms with Gasteiger partial charge in [0.05, 0.1) is 11.6 Å². The number of amides is 1. The second-order valence-corrected chi connectivity index (χ2v) is 6.35. The first kappa shape index (κ1) is 17.5. The van der Waals surface area contributed by atoms with Crippen LogP contribution in [0.5, 0.6) is 0 Å². The molecule has 1 fully saturated rings. The lowest BCUT2D eigenvalue weighted by molar-refractivity contribution is -0.139. The summed E-state index contributed by atoms with van der Waals surface area (Å²) < 4.78 is 45.0. The van der Waals surface area contributed by atoms with E-state index >= 15 is 0 Å². The lowest BCUT2D eigenvalue weighted by Crippen LogP contribution is -2.50. The Kier molecular flexibility index (Phi) is 4.84. The van der Waals surface area contributed by atoms with Gasteiger partial charge in [-0.1, -0.05) is 0 Å². The summed E-state index contributed by atoms with van der Waals surface area (Å²) in [6.45, 7) is 6.13. The van der Waals surface area contributed by atoms with Crippen LogP contribution < -0.4 is 5.32 Å². The third kappa shape index (κ3) is 4.34. The number of nitrogens with zero attached hydrogens (tertiary/aromatic N) is 2. The van der Waals surface area contributed by atoms with Crippen molar-refractivity contribution in [3.8, 4) is 0 Å². The SMILES string of the molecule is CC(C)(C)OC(=O)N1CCNCC1c1cnccc1C(F)(F)F. The minimum absolute atomic E-state index is 0.0296. The lowest BCUT2D eigenvalue weighted by atomic mass is 10.00. The van der Waals surface area contributed by atoms with Crippen molar-refractivity contribution in [2.45, 2.75) is 38.6 Å².